The predicted molar refractivity (Wildman–Crippen MR) is 121 cm³/mol. The molecule has 1 aliphatic rings. The molecule has 5 nitrogen and oxygen atoms in total. The molecule has 2 atom stereocenters. The summed E-state index contributed by atoms with van der Waals surface area (Å²) in [6.07, 6.45) is 1.06. The van der Waals surface area contributed by atoms with Gasteiger partial charge in [0.15, 0.2) is 5.16 Å². The van der Waals surface area contributed by atoms with Crippen molar-refractivity contribution in [2.45, 2.75) is 43.4 Å². The van der Waals surface area contributed by atoms with E-state index >= 15 is 0 Å². The monoisotopic (exact) mass is 460 g/mol. The van der Waals surface area contributed by atoms with Gasteiger partial charge in [-0.1, -0.05) is 59.2 Å². The van der Waals surface area contributed by atoms with E-state index in [1.165, 1.54) is 17.3 Å². The SMILES string of the molecule is CCn1c(SCC(=O)NCc2ccc(Cl)cc2)nnc1C1CC1c1ccc(Cl)cc1. The first-order valence-electron chi connectivity index (χ1n) is 9.87. The van der Waals surface area contributed by atoms with Gasteiger partial charge in [-0.2, -0.15) is 0 Å². The number of rotatable bonds is 8. The van der Waals surface area contributed by atoms with Crippen molar-refractivity contribution in [3.05, 3.63) is 75.5 Å². The van der Waals surface area contributed by atoms with Gasteiger partial charge in [0.25, 0.3) is 0 Å². The number of benzene rings is 2. The molecular weight excluding hydrogens is 439 g/mol. The van der Waals surface area contributed by atoms with E-state index in [1.807, 2.05) is 36.4 Å². The fraction of sp³-hybridized carbons (Fsp3) is 0.318. The third-order valence-electron chi connectivity index (χ3n) is 5.22. The van der Waals surface area contributed by atoms with Gasteiger partial charge in [0.05, 0.1) is 5.75 Å². The van der Waals surface area contributed by atoms with Gasteiger partial charge >= 0.3 is 0 Å². The molecule has 4 rings (SSSR count). The minimum absolute atomic E-state index is 0.0346. The largest absolute Gasteiger partial charge is 0.351 e. The maximum Gasteiger partial charge on any atom is 0.230 e. The van der Waals surface area contributed by atoms with E-state index in [4.69, 9.17) is 23.2 Å². The van der Waals surface area contributed by atoms with Crippen LogP contribution in [0.3, 0.4) is 0 Å². The summed E-state index contributed by atoms with van der Waals surface area (Å²) >= 11 is 13.3. The van der Waals surface area contributed by atoms with Crippen molar-refractivity contribution >= 4 is 40.9 Å². The number of nitrogens with zero attached hydrogens (tertiary/aromatic N) is 3. The number of aromatic nitrogens is 3. The summed E-state index contributed by atoms with van der Waals surface area (Å²) in [4.78, 5) is 12.2. The second kappa shape index (κ2) is 9.41. The number of hydrogen-bond acceptors (Lipinski definition) is 4. The topological polar surface area (TPSA) is 59.8 Å². The Labute approximate surface area is 190 Å². The quantitative estimate of drug-likeness (QED) is 0.464. The third kappa shape index (κ3) is 4.99. The number of carbonyl (C=O) groups excluding carboxylic acids is 1. The van der Waals surface area contributed by atoms with Crippen LogP contribution >= 0.6 is 35.0 Å². The van der Waals surface area contributed by atoms with Crippen molar-refractivity contribution in [2.24, 2.45) is 0 Å². The van der Waals surface area contributed by atoms with Crippen molar-refractivity contribution in [1.82, 2.24) is 20.1 Å². The number of carbonyl (C=O) groups is 1. The highest BCUT2D eigenvalue weighted by atomic mass is 35.5. The van der Waals surface area contributed by atoms with E-state index in [0.717, 1.165) is 34.5 Å². The van der Waals surface area contributed by atoms with Gasteiger partial charge in [0, 0.05) is 29.1 Å². The summed E-state index contributed by atoms with van der Waals surface area (Å²) in [5.74, 6) is 2.09. The highest BCUT2D eigenvalue weighted by Crippen LogP contribution is 2.54. The second-order valence-corrected chi connectivity index (χ2v) is 9.09. The van der Waals surface area contributed by atoms with Crippen LogP contribution in [0.5, 0.6) is 0 Å². The van der Waals surface area contributed by atoms with Crippen LogP contribution in [0.1, 0.15) is 42.1 Å². The molecule has 1 amide bonds. The van der Waals surface area contributed by atoms with Crippen LogP contribution < -0.4 is 5.32 Å². The smallest absolute Gasteiger partial charge is 0.230 e. The molecule has 0 aliphatic heterocycles. The van der Waals surface area contributed by atoms with Gasteiger partial charge in [-0.05, 0) is 54.7 Å². The van der Waals surface area contributed by atoms with Crippen LogP contribution in [0.25, 0.3) is 0 Å². The first-order chi connectivity index (χ1) is 14.5. The Morgan fingerprint density at radius 2 is 1.73 bits per heavy atom. The fourth-order valence-electron chi connectivity index (χ4n) is 3.52. The van der Waals surface area contributed by atoms with Crippen LogP contribution in [-0.2, 0) is 17.9 Å². The van der Waals surface area contributed by atoms with E-state index in [0.29, 0.717) is 29.2 Å². The van der Waals surface area contributed by atoms with E-state index < -0.39 is 0 Å². The summed E-state index contributed by atoms with van der Waals surface area (Å²) in [5, 5.41) is 13.9. The number of amides is 1. The minimum Gasteiger partial charge on any atom is -0.351 e. The molecule has 1 fully saturated rings. The Kier molecular flexibility index (Phi) is 6.66. The first-order valence-corrected chi connectivity index (χ1v) is 11.6. The molecule has 0 spiro atoms. The molecule has 1 aliphatic carbocycles. The van der Waals surface area contributed by atoms with Crippen molar-refractivity contribution in [3.63, 3.8) is 0 Å². The van der Waals surface area contributed by atoms with Gasteiger partial charge in [-0.25, -0.2) is 0 Å². The van der Waals surface area contributed by atoms with E-state index in [2.05, 4.69) is 39.1 Å². The van der Waals surface area contributed by atoms with Crippen LogP contribution in [0.4, 0.5) is 0 Å². The normalized spacial score (nSPS) is 17.7. The molecule has 30 heavy (non-hydrogen) atoms. The lowest BCUT2D eigenvalue weighted by Crippen LogP contribution is -2.24. The van der Waals surface area contributed by atoms with Crippen LogP contribution in [0.15, 0.2) is 53.7 Å². The number of halogens is 2. The molecule has 156 valence electrons. The van der Waals surface area contributed by atoms with Gasteiger partial charge in [0.2, 0.25) is 5.91 Å². The number of hydrogen-bond donors (Lipinski definition) is 1. The number of thioether (sulfide) groups is 1. The Bertz CT molecular complexity index is 1020. The molecule has 2 unspecified atom stereocenters. The minimum atomic E-state index is -0.0346. The predicted octanol–water partition coefficient (Wildman–Crippen LogP) is 5.28. The molecule has 0 radical (unpaired) electrons. The zero-order valence-electron chi connectivity index (χ0n) is 16.5. The highest BCUT2D eigenvalue weighted by Gasteiger charge is 2.43. The summed E-state index contributed by atoms with van der Waals surface area (Å²) in [6.45, 7) is 3.34. The summed E-state index contributed by atoms with van der Waals surface area (Å²) < 4.78 is 2.12. The van der Waals surface area contributed by atoms with E-state index in [1.54, 1.807) is 0 Å². The maximum atomic E-state index is 12.2. The fourth-order valence-corrected chi connectivity index (χ4v) is 4.61. The van der Waals surface area contributed by atoms with Gasteiger partial charge in [-0.15, -0.1) is 10.2 Å². The molecule has 3 aromatic rings. The lowest BCUT2D eigenvalue weighted by molar-refractivity contribution is -0.118. The molecule has 1 heterocycles. The zero-order chi connectivity index (χ0) is 21.1. The van der Waals surface area contributed by atoms with E-state index in [9.17, 15) is 4.79 Å². The molecule has 1 aromatic heterocycles. The second-order valence-electron chi connectivity index (χ2n) is 7.28. The van der Waals surface area contributed by atoms with Gasteiger partial charge in [0.1, 0.15) is 5.82 Å². The Balaban J connectivity index is 1.33. The van der Waals surface area contributed by atoms with Crippen LogP contribution in [0.2, 0.25) is 10.0 Å². The average molecular weight is 461 g/mol. The molecule has 1 saturated carbocycles. The van der Waals surface area contributed by atoms with Crippen molar-refractivity contribution in [3.8, 4) is 0 Å². The summed E-state index contributed by atoms with van der Waals surface area (Å²) in [7, 11) is 0. The standard InChI is InChI=1S/C22H22Cl2N4OS/c1-2-28-21(19-11-18(19)15-5-9-17(24)10-6-15)26-27-22(28)30-13-20(29)25-12-14-3-7-16(23)8-4-14/h3-10,18-19H,2,11-13H2,1H3,(H,25,29). The lowest BCUT2D eigenvalue weighted by Gasteiger charge is -2.08. The third-order valence-corrected chi connectivity index (χ3v) is 6.69. The van der Waals surface area contributed by atoms with Crippen LogP contribution in [0, 0.1) is 0 Å². The highest BCUT2D eigenvalue weighted by molar-refractivity contribution is 7.99. The van der Waals surface area contributed by atoms with Crippen molar-refractivity contribution in [1.29, 1.82) is 0 Å². The van der Waals surface area contributed by atoms with Crippen molar-refractivity contribution < 1.29 is 4.79 Å². The number of nitrogens with one attached hydrogen (secondary N) is 1. The van der Waals surface area contributed by atoms with Gasteiger partial charge < -0.3 is 9.88 Å². The maximum absolute atomic E-state index is 12.2. The molecular formula is C22H22Cl2N4OS. The molecule has 0 bridgehead atoms. The Morgan fingerprint density at radius 3 is 2.40 bits per heavy atom. The zero-order valence-corrected chi connectivity index (χ0v) is 18.8. The van der Waals surface area contributed by atoms with Crippen LogP contribution in [-0.4, -0.2) is 26.4 Å². The average Bonchev–Trinajstić information content (AvgIpc) is 3.44. The van der Waals surface area contributed by atoms with E-state index in [-0.39, 0.29) is 5.91 Å². The molecule has 8 heteroatoms. The Morgan fingerprint density at radius 1 is 1.07 bits per heavy atom. The lowest BCUT2D eigenvalue weighted by atomic mass is 10.1. The first kappa shape index (κ1) is 21.2. The molecule has 1 N–H and O–H groups in total. The Hall–Kier alpha value is -2.02. The van der Waals surface area contributed by atoms with Gasteiger partial charge in [-0.3, -0.25) is 4.79 Å². The van der Waals surface area contributed by atoms with Crippen molar-refractivity contribution in [2.75, 3.05) is 5.75 Å². The molecule has 0 saturated heterocycles. The summed E-state index contributed by atoms with van der Waals surface area (Å²) in [6, 6.07) is 15.5. The molecule has 2 aromatic carbocycles. The summed E-state index contributed by atoms with van der Waals surface area (Å²) in [5.41, 5.74) is 2.30.